The molecule has 1 aliphatic rings. The first kappa shape index (κ1) is 19.2. The number of nitrogens with zero attached hydrogens (tertiary/aromatic N) is 2. The molecule has 0 aliphatic carbocycles. The van der Waals surface area contributed by atoms with E-state index in [0.29, 0.717) is 37.5 Å². The number of methoxy groups -OCH3 is 1. The molecular weight excluding hydrogens is 344 g/mol. The predicted molar refractivity (Wildman–Crippen MR) is 94.0 cm³/mol. The van der Waals surface area contributed by atoms with E-state index in [2.05, 4.69) is 0 Å². The van der Waals surface area contributed by atoms with Gasteiger partial charge in [-0.3, -0.25) is 9.59 Å². The molecule has 1 aliphatic heterocycles. The van der Waals surface area contributed by atoms with Crippen LogP contribution >= 0.6 is 0 Å². The number of sulfone groups is 1. The van der Waals surface area contributed by atoms with Crippen molar-refractivity contribution in [3.05, 3.63) is 29.8 Å². The molecule has 8 heteroatoms. The summed E-state index contributed by atoms with van der Waals surface area (Å²) in [6, 6.07) is 6.90. The number of hydrogen-bond donors (Lipinski definition) is 0. The summed E-state index contributed by atoms with van der Waals surface area (Å²) in [6.07, 6.45) is 0. The van der Waals surface area contributed by atoms with Crippen molar-refractivity contribution in [2.45, 2.75) is 19.1 Å². The largest absolute Gasteiger partial charge is 0.496 e. The summed E-state index contributed by atoms with van der Waals surface area (Å²) in [5.41, 5.74) is 0.541. The third kappa shape index (κ3) is 4.50. The van der Waals surface area contributed by atoms with E-state index in [1.165, 1.54) is 18.9 Å². The van der Waals surface area contributed by atoms with Gasteiger partial charge in [0.05, 0.1) is 12.4 Å². The Morgan fingerprint density at radius 1 is 1.12 bits per heavy atom. The van der Waals surface area contributed by atoms with Crippen LogP contribution in [-0.4, -0.2) is 69.1 Å². The second-order valence-electron chi connectivity index (χ2n) is 6.08. The lowest BCUT2D eigenvalue weighted by atomic mass is 10.1. The highest BCUT2D eigenvalue weighted by atomic mass is 32.2. The highest BCUT2D eigenvalue weighted by molar-refractivity contribution is 7.92. The summed E-state index contributed by atoms with van der Waals surface area (Å²) in [5.74, 6) is -0.526. The van der Waals surface area contributed by atoms with E-state index >= 15 is 0 Å². The van der Waals surface area contributed by atoms with Gasteiger partial charge in [-0.05, 0) is 13.0 Å². The number of para-hydroxylation sites is 1. The third-order valence-corrected chi connectivity index (χ3v) is 6.50. The molecule has 0 aromatic heterocycles. The molecule has 0 spiro atoms. The van der Waals surface area contributed by atoms with Crippen molar-refractivity contribution in [3.8, 4) is 5.75 Å². The minimum Gasteiger partial charge on any atom is -0.496 e. The van der Waals surface area contributed by atoms with Gasteiger partial charge in [-0.1, -0.05) is 18.2 Å². The fourth-order valence-electron chi connectivity index (χ4n) is 2.85. The fourth-order valence-corrected chi connectivity index (χ4v) is 4.21. The molecule has 0 radical (unpaired) electrons. The van der Waals surface area contributed by atoms with Gasteiger partial charge in [0.25, 0.3) is 0 Å². The monoisotopic (exact) mass is 368 g/mol. The van der Waals surface area contributed by atoms with Crippen molar-refractivity contribution in [2.75, 3.05) is 39.0 Å². The highest BCUT2D eigenvalue weighted by Gasteiger charge is 2.31. The van der Waals surface area contributed by atoms with E-state index in [-0.39, 0.29) is 5.91 Å². The van der Waals surface area contributed by atoms with Gasteiger partial charge in [0.2, 0.25) is 11.8 Å². The van der Waals surface area contributed by atoms with E-state index in [0.717, 1.165) is 0 Å². The quantitative estimate of drug-likeness (QED) is 0.770. The second kappa shape index (κ2) is 7.86. The minimum absolute atomic E-state index is 0.0375. The normalized spacial score (nSPS) is 16.4. The van der Waals surface area contributed by atoms with Gasteiger partial charge < -0.3 is 14.5 Å². The van der Waals surface area contributed by atoms with Crippen molar-refractivity contribution >= 4 is 21.7 Å². The van der Waals surface area contributed by atoms with Crippen molar-refractivity contribution in [1.29, 1.82) is 0 Å². The Morgan fingerprint density at radius 3 is 2.24 bits per heavy atom. The lowest BCUT2D eigenvalue weighted by molar-refractivity contribution is -0.136. The Labute approximate surface area is 148 Å². The summed E-state index contributed by atoms with van der Waals surface area (Å²) in [4.78, 5) is 26.9. The van der Waals surface area contributed by atoms with E-state index in [9.17, 15) is 18.0 Å². The minimum atomic E-state index is -3.68. The highest BCUT2D eigenvalue weighted by Crippen LogP contribution is 2.30. The Balaban J connectivity index is 2.05. The molecule has 1 heterocycles. The van der Waals surface area contributed by atoms with Gasteiger partial charge in [0.1, 0.15) is 11.5 Å². The average Bonchev–Trinajstić information content (AvgIpc) is 2.60. The van der Waals surface area contributed by atoms with Gasteiger partial charge in [-0.15, -0.1) is 0 Å². The number of carbonyl (C=O) groups is 2. The molecule has 1 aromatic carbocycles. The maximum Gasteiger partial charge on any atom is 0.237 e. The fraction of sp³-hybridized carbons (Fsp3) is 0.529. The molecule has 1 unspecified atom stereocenters. The molecule has 2 amide bonds. The molecule has 7 nitrogen and oxygen atoms in total. The van der Waals surface area contributed by atoms with Crippen LogP contribution in [0.15, 0.2) is 24.3 Å². The zero-order chi connectivity index (χ0) is 18.6. The van der Waals surface area contributed by atoms with E-state index < -0.39 is 26.7 Å². The molecule has 1 fully saturated rings. The van der Waals surface area contributed by atoms with Crippen molar-refractivity contribution < 1.29 is 22.7 Å². The summed E-state index contributed by atoms with van der Waals surface area (Å²) in [5, 5.41) is -0.842. The molecular formula is C17H24N2O5S. The molecule has 1 aromatic rings. The number of ether oxygens (including phenoxy) is 1. The van der Waals surface area contributed by atoms with Crippen LogP contribution in [0.5, 0.6) is 5.75 Å². The molecule has 25 heavy (non-hydrogen) atoms. The summed E-state index contributed by atoms with van der Waals surface area (Å²) < 4.78 is 30.5. The first-order valence-corrected chi connectivity index (χ1v) is 9.85. The molecule has 138 valence electrons. The Hall–Kier alpha value is -2.09. The van der Waals surface area contributed by atoms with Crippen molar-refractivity contribution in [1.82, 2.24) is 9.80 Å². The Kier molecular flexibility index (Phi) is 6.05. The van der Waals surface area contributed by atoms with Crippen LogP contribution in [0.3, 0.4) is 0 Å². The molecule has 2 rings (SSSR count). The van der Waals surface area contributed by atoms with Gasteiger partial charge in [0.15, 0.2) is 9.84 Å². The Bertz CT molecular complexity index is 739. The lowest BCUT2D eigenvalue weighted by Crippen LogP contribution is -2.51. The molecule has 0 N–H and O–H groups in total. The van der Waals surface area contributed by atoms with E-state index in [1.54, 1.807) is 36.1 Å². The number of carbonyl (C=O) groups excluding carboxylic acids is 2. The van der Waals surface area contributed by atoms with Gasteiger partial charge >= 0.3 is 0 Å². The van der Waals surface area contributed by atoms with Crippen LogP contribution in [0, 0.1) is 0 Å². The van der Waals surface area contributed by atoms with Gasteiger partial charge in [-0.2, -0.15) is 0 Å². The molecule has 0 saturated carbocycles. The summed E-state index contributed by atoms with van der Waals surface area (Å²) >= 11 is 0. The summed E-state index contributed by atoms with van der Waals surface area (Å²) in [7, 11) is -2.19. The van der Waals surface area contributed by atoms with Crippen molar-refractivity contribution in [3.63, 3.8) is 0 Å². The summed E-state index contributed by atoms with van der Waals surface area (Å²) in [6.45, 7) is 4.63. The zero-order valence-corrected chi connectivity index (χ0v) is 15.6. The second-order valence-corrected chi connectivity index (χ2v) is 8.40. The first-order valence-electron chi connectivity index (χ1n) is 8.14. The van der Waals surface area contributed by atoms with Crippen LogP contribution in [0.4, 0.5) is 0 Å². The van der Waals surface area contributed by atoms with Gasteiger partial charge in [-0.25, -0.2) is 8.42 Å². The van der Waals surface area contributed by atoms with E-state index in [4.69, 9.17) is 4.74 Å². The van der Waals surface area contributed by atoms with Crippen LogP contribution in [0.25, 0.3) is 0 Å². The topological polar surface area (TPSA) is 84.0 Å². The number of benzene rings is 1. The van der Waals surface area contributed by atoms with Gasteiger partial charge in [0, 0.05) is 38.7 Å². The van der Waals surface area contributed by atoms with E-state index in [1.807, 2.05) is 0 Å². The lowest BCUT2D eigenvalue weighted by Gasteiger charge is -2.34. The smallest absolute Gasteiger partial charge is 0.237 e. The maximum absolute atomic E-state index is 12.7. The van der Waals surface area contributed by atoms with Crippen LogP contribution in [-0.2, 0) is 19.4 Å². The average molecular weight is 368 g/mol. The zero-order valence-electron chi connectivity index (χ0n) is 14.8. The Morgan fingerprint density at radius 2 is 1.68 bits per heavy atom. The van der Waals surface area contributed by atoms with Crippen LogP contribution < -0.4 is 4.74 Å². The molecule has 1 saturated heterocycles. The number of hydrogen-bond acceptors (Lipinski definition) is 5. The van der Waals surface area contributed by atoms with Crippen LogP contribution in [0.2, 0.25) is 0 Å². The molecule has 1 atom stereocenters. The predicted octanol–water partition coefficient (Wildman–Crippen LogP) is 0.862. The standard InChI is InChI=1S/C17H24N2O5S/c1-13(15-6-4-5-7-16(15)24-3)25(22,23)12-17(21)19-10-8-18(9-11-19)14(2)20/h4-7,13H,8-12H2,1-3H3. The first-order chi connectivity index (χ1) is 11.8. The molecule has 0 bridgehead atoms. The number of piperazine rings is 1. The maximum atomic E-state index is 12.7. The number of amides is 2. The van der Waals surface area contributed by atoms with Crippen LogP contribution in [0.1, 0.15) is 24.7 Å². The number of rotatable bonds is 5. The SMILES string of the molecule is COc1ccccc1C(C)S(=O)(=O)CC(=O)N1CCN(C(C)=O)CC1. The third-order valence-electron chi connectivity index (χ3n) is 4.52. The van der Waals surface area contributed by atoms with Crippen molar-refractivity contribution in [2.24, 2.45) is 0 Å².